The van der Waals surface area contributed by atoms with E-state index in [9.17, 15) is 13.2 Å². The summed E-state index contributed by atoms with van der Waals surface area (Å²) < 4.78 is 24.9. The van der Waals surface area contributed by atoms with Crippen LogP contribution in [0.25, 0.3) is 16.9 Å². The van der Waals surface area contributed by atoms with Gasteiger partial charge in [-0.3, -0.25) is 4.79 Å². The molecule has 3 rings (SSSR count). The maximum absolute atomic E-state index is 11.6. The van der Waals surface area contributed by atoms with E-state index in [2.05, 4.69) is 5.10 Å². The van der Waals surface area contributed by atoms with Gasteiger partial charge >= 0.3 is 0 Å². The van der Waals surface area contributed by atoms with Crippen LogP contribution in [-0.2, 0) is 16.4 Å². The van der Waals surface area contributed by atoms with Gasteiger partial charge < -0.3 is 11.5 Å². The molecule has 0 saturated carbocycles. The van der Waals surface area contributed by atoms with E-state index >= 15 is 0 Å². The van der Waals surface area contributed by atoms with Crippen molar-refractivity contribution < 1.29 is 13.2 Å². The highest BCUT2D eigenvalue weighted by Crippen LogP contribution is 2.25. The van der Waals surface area contributed by atoms with Crippen molar-refractivity contribution in [3.63, 3.8) is 0 Å². The zero-order chi connectivity index (χ0) is 18.9. The van der Waals surface area contributed by atoms with Gasteiger partial charge in [-0.25, -0.2) is 13.1 Å². The van der Waals surface area contributed by atoms with Crippen molar-refractivity contribution in [2.75, 3.05) is 6.26 Å². The van der Waals surface area contributed by atoms with Gasteiger partial charge in [0.25, 0.3) is 5.91 Å². The predicted molar refractivity (Wildman–Crippen MR) is 98.5 cm³/mol. The second-order valence-corrected chi connectivity index (χ2v) is 7.87. The molecule has 0 spiro atoms. The average Bonchev–Trinajstić information content (AvgIpc) is 3.07. The summed E-state index contributed by atoms with van der Waals surface area (Å²) >= 11 is 0. The first-order valence-corrected chi connectivity index (χ1v) is 9.68. The number of benzene rings is 2. The molecule has 1 amide bonds. The summed E-state index contributed by atoms with van der Waals surface area (Å²) in [4.78, 5) is 11.8. The molecular weight excluding hydrogens is 352 g/mol. The number of hydrogen-bond donors (Lipinski definition) is 2. The van der Waals surface area contributed by atoms with Gasteiger partial charge in [-0.05, 0) is 35.9 Å². The number of hydrogen-bond acceptors (Lipinski definition) is 5. The van der Waals surface area contributed by atoms with Crippen molar-refractivity contribution in [3.8, 4) is 16.9 Å². The maximum Gasteiger partial charge on any atom is 0.269 e. The van der Waals surface area contributed by atoms with Gasteiger partial charge in [0.15, 0.2) is 15.5 Å². The number of carbonyl (C=O) groups excluding carboxylic acids is 1. The summed E-state index contributed by atoms with van der Waals surface area (Å²) in [5.41, 5.74) is 14.1. The van der Waals surface area contributed by atoms with E-state index < -0.39 is 15.7 Å². The molecule has 0 aliphatic rings. The zero-order valence-corrected chi connectivity index (χ0v) is 14.9. The Morgan fingerprint density at radius 2 is 1.69 bits per heavy atom. The monoisotopic (exact) mass is 370 g/mol. The fraction of sp³-hybridized carbons (Fsp3) is 0.111. The minimum absolute atomic E-state index is 0.120. The zero-order valence-electron chi connectivity index (χ0n) is 14.1. The molecule has 26 heavy (non-hydrogen) atoms. The Morgan fingerprint density at radius 1 is 1.08 bits per heavy atom. The lowest BCUT2D eigenvalue weighted by Crippen LogP contribution is -2.12. The van der Waals surface area contributed by atoms with Gasteiger partial charge in [0.2, 0.25) is 0 Å². The molecule has 0 fully saturated rings. The van der Waals surface area contributed by atoms with Crippen molar-refractivity contribution in [1.29, 1.82) is 0 Å². The van der Waals surface area contributed by atoms with E-state index in [1.165, 1.54) is 12.1 Å². The van der Waals surface area contributed by atoms with Crippen molar-refractivity contribution in [2.24, 2.45) is 11.5 Å². The lowest BCUT2D eigenvalue weighted by molar-refractivity contribution is 0.0995. The van der Waals surface area contributed by atoms with Crippen molar-refractivity contribution in [2.45, 2.75) is 11.4 Å². The fourth-order valence-electron chi connectivity index (χ4n) is 2.55. The number of amides is 1. The molecule has 4 N–H and O–H groups in total. The first-order valence-electron chi connectivity index (χ1n) is 7.79. The standard InChI is InChI=1S/C18H18N4O3S/c1-26(24,25)15-8-4-13(5-9-15)17-10-16(18(20)23)21-22(17)14-6-2-12(11-19)3-7-14/h2-10H,11,19H2,1H3,(H2,20,23). The lowest BCUT2D eigenvalue weighted by Gasteiger charge is -2.09. The molecule has 0 bridgehead atoms. The Kier molecular flexibility index (Phi) is 4.62. The molecule has 0 aliphatic carbocycles. The summed E-state index contributed by atoms with van der Waals surface area (Å²) in [5.74, 6) is -0.642. The topological polar surface area (TPSA) is 121 Å². The maximum atomic E-state index is 11.6. The molecule has 2 aromatic carbocycles. The normalized spacial score (nSPS) is 11.5. The van der Waals surface area contributed by atoms with E-state index in [0.29, 0.717) is 17.8 Å². The summed E-state index contributed by atoms with van der Waals surface area (Å²) in [5, 5.41) is 4.28. The third-order valence-electron chi connectivity index (χ3n) is 3.96. The molecule has 0 unspecified atom stereocenters. The van der Waals surface area contributed by atoms with Crippen molar-refractivity contribution >= 4 is 15.7 Å². The van der Waals surface area contributed by atoms with Gasteiger partial charge in [-0.15, -0.1) is 0 Å². The van der Waals surface area contributed by atoms with Gasteiger partial charge in [-0.2, -0.15) is 5.10 Å². The first-order chi connectivity index (χ1) is 12.3. The SMILES string of the molecule is CS(=O)(=O)c1ccc(-c2cc(C(N)=O)nn2-c2ccc(CN)cc2)cc1. The quantitative estimate of drug-likeness (QED) is 0.705. The van der Waals surface area contributed by atoms with Crippen molar-refractivity contribution in [3.05, 3.63) is 65.9 Å². The summed E-state index contributed by atoms with van der Waals surface area (Å²) in [6.07, 6.45) is 1.15. The van der Waals surface area contributed by atoms with Crippen LogP contribution >= 0.6 is 0 Å². The number of primary amides is 1. The summed E-state index contributed by atoms with van der Waals surface area (Å²) in [6, 6.07) is 15.4. The summed E-state index contributed by atoms with van der Waals surface area (Å²) in [6.45, 7) is 0.422. The summed E-state index contributed by atoms with van der Waals surface area (Å²) in [7, 11) is -3.29. The van der Waals surface area contributed by atoms with Crippen molar-refractivity contribution in [1.82, 2.24) is 9.78 Å². The molecule has 1 aromatic heterocycles. The fourth-order valence-corrected chi connectivity index (χ4v) is 3.18. The number of rotatable bonds is 5. The third-order valence-corrected chi connectivity index (χ3v) is 5.09. The smallest absolute Gasteiger partial charge is 0.269 e. The highest BCUT2D eigenvalue weighted by Gasteiger charge is 2.16. The lowest BCUT2D eigenvalue weighted by atomic mass is 10.1. The van der Waals surface area contributed by atoms with Gasteiger partial charge in [-0.1, -0.05) is 24.3 Å². The number of nitrogens with two attached hydrogens (primary N) is 2. The number of nitrogens with zero attached hydrogens (tertiary/aromatic N) is 2. The van der Waals surface area contributed by atoms with E-state index in [4.69, 9.17) is 11.5 Å². The Labute approximate surface area is 151 Å². The highest BCUT2D eigenvalue weighted by atomic mass is 32.2. The van der Waals surface area contributed by atoms with E-state index in [1.54, 1.807) is 22.9 Å². The van der Waals surface area contributed by atoms with Gasteiger partial charge in [0, 0.05) is 18.4 Å². The van der Waals surface area contributed by atoms with E-state index in [1.807, 2.05) is 24.3 Å². The predicted octanol–water partition coefficient (Wildman–Crippen LogP) is 1.50. The average molecular weight is 370 g/mol. The van der Waals surface area contributed by atoms with Gasteiger partial charge in [0.1, 0.15) is 0 Å². The van der Waals surface area contributed by atoms with Crippen LogP contribution < -0.4 is 11.5 Å². The Morgan fingerprint density at radius 3 is 2.19 bits per heavy atom. The first kappa shape index (κ1) is 17.8. The minimum Gasteiger partial charge on any atom is -0.364 e. The second-order valence-electron chi connectivity index (χ2n) is 5.86. The minimum atomic E-state index is -3.29. The van der Waals surface area contributed by atoms with E-state index in [-0.39, 0.29) is 10.6 Å². The number of sulfone groups is 1. The molecule has 1 heterocycles. The van der Waals surface area contributed by atoms with Crippen LogP contribution in [0.3, 0.4) is 0 Å². The molecule has 134 valence electrons. The number of aromatic nitrogens is 2. The molecule has 0 atom stereocenters. The largest absolute Gasteiger partial charge is 0.364 e. The second kappa shape index (κ2) is 6.74. The van der Waals surface area contributed by atoms with Crippen LogP contribution in [0, 0.1) is 0 Å². The van der Waals surface area contributed by atoms with Crippen LogP contribution in [0.1, 0.15) is 16.1 Å². The Bertz CT molecular complexity index is 1050. The highest BCUT2D eigenvalue weighted by molar-refractivity contribution is 7.90. The third kappa shape index (κ3) is 3.51. The molecule has 0 aliphatic heterocycles. The Hall–Kier alpha value is -2.97. The molecular formula is C18H18N4O3S. The van der Waals surface area contributed by atoms with Crippen LogP contribution in [0.2, 0.25) is 0 Å². The molecule has 7 nitrogen and oxygen atoms in total. The van der Waals surface area contributed by atoms with Crippen LogP contribution in [0.5, 0.6) is 0 Å². The molecule has 0 radical (unpaired) electrons. The van der Waals surface area contributed by atoms with Crippen LogP contribution in [0.4, 0.5) is 0 Å². The Balaban J connectivity index is 2.12. The molecule has 8 heteroatoms. The molecule has 0 saturated heterocycles. The van der Waals surface area contributed by atoms with Crippen LogP contribution in [-0.4, -0.2) is 30.4 Å². The van der Waals surface area contributed by atoms with E-state index in [0.717, 1.165) is 17.5 Å². The number of carbonyl (C=O) groups is 1. The molecule has 3 aromatic rings. The van der Waals surface area contributed by atoms with Gasteiger partial charge in [0.05, 0.1) is 16.3 Å². The van der Waals surface area contributed by atoms with Crippen LogP contribution in [0.15, 0.2) is 59.5 Å².